The smallest absolute Gasteiger partial charge is 0.270 e. The molecule has 0 spiro atoms. The molecule has 34 heavy (non-hydrogen) atoms. The van der Waals surface area contributed by atoms with Crippen LogP contribution in [0.1, 0.15) is 28.8 Å². The molecule has 1 amide bonds. The summed E-state index contributed by atoms with van der Waals surface area (Å²) in [7, 11) is 0. The van der Waals surface area contributed by atoms with Gasteiger partial charge in [0.2, 0.25) is 0 Å². The fraction of sp³-hybridized carbons (Fsp3) is 0.222. The average Bonchev–Trinajstić information content (AvgIpc) is 3.34. The van der Waals surface area contributed by atoms with Crippen LogP contribution in [0.25, 0.3) is 33.2 Å². The van der Waals surface area contributed by atoms with Gasteiger partial charge < -0.3 is 19.2 Å². The summed E-state index contributed by atoms with van der Waals surface area (Å²) in [6, 6.07) is 18.3. The third-order valence-corrected chi connectivity index (χ3v) is 6.45. The molecule has 0 saturated carbocycles. The van der Waals surface area contributed by atoms with E-state index in [1.807, 2.05) is 53.6 Å². The molecule has 0 radical (unpaired) electrons. The van der Waals surface area contributed by atoms with Crippen molar-refractivity contribution in [2.75, 3.05) is 13.2 Å². The Morgan fingerprint density at radius 1 is 1.12 bits per heavy atom. The molecular weight excluding hydrogens is 426 g/mol. The van der Waals surface area contributed by atoms with E-state index >= 15 is 0 Å². The van der Waals surface area contributed by atoms with E-state index in [0.717, 1.165) is 50.3 Å². The number of H-pyrrole nitrogens is 1. The van der Waals surface area contributed by atoms with Gasteiger partial charge in [-0.25, -0.2) is 9.97 Å². The topological polar surface area (TPSA) is 76.0 Å². The van der Waals surface area contributed by atoms with E-state index in [-0.39, 0.29) is 5.91 Å². The predicted octanol–water partition coefficient (Wildman–Crippen LogP) is 4.94. The number of nitrogens with one attached hydrogen (secondary N) is 1. The molecule has 7 nitrogen and oxygen atoms in total. The number of fused-ring (bicyclic) bond motifs is 3. The summed E-state index contributed by atoms with van der Waals surface area (Å²) < 4.78 is 8.00. The van der Waals surface area contributed by atoms with Crippen LogP contribution in [-0.2, 0) is 13.1 Å². The maximum absolute atomic E-state index is 13.6. The molecule has 1 N–H and O–H groups in total. The number of benzene rings is 2. The van der Waals surface area contributed by atoms with Gasteiger partial charge in [0.05, 0.1) is 17.6 Å². The molecule has 4 heterocycles. The van der Waals surface area contributed by atoms with Crippen molar-refractivity contribution in [2.24, 2.45) is 0 Å². The van der Waals surface area contributed by atoms with Crippen molar-refractivity contribution >= 4 is 28.0 Å². The lowest BCUT2D eigenvalue weighted by Gasteiger charge is -2.21. The van der Waals surface area contributed by atoms with Gasteiger partial charge in [-0.15, -0.1) is 0 Å². The molecule has 1 aliphatic heterocycles. The number of aryl methyl sites for hydroxylation is 2. The number of ether oxygens (including phenoxy) is 1. The van der Waals surface area contributed by atoms with Gasteiger partial charge in [-0.3, -0.25) is 4.79 Å². The van der Waals surface area contributed by atoms with Gasteiger partial charge >= 0.3 is 0 Å². The molecule has 0 saturated heterocycles. The molecule has 6 rings (SSSR count). The van der Waals surface area contributed by atoms with Gasteiger partial charge in [0, 0.05) is 30.2 Å². The lowest BCUT2D eigenvalue weighted by atomic mass is 10.0. The zero-order valence-corrected chi connectivity index (χ0v) is 19.2. The third kappa shape index (κ3) is 3.41. The highest BCUT2D eigenvalue weighted by atomic mass is 16.5. The summed E-state index contributed by atoms with van der Waals surface area (Å²) in [6.45, 7) is 6.16. The van der Waals surface area contributed by atoms with Crippen LogP contribution in [0, 0.1) is 6.92 Å². The number of hydrogen-bond acceptors (Lipinski definition) is 4. The van der Waals surface area contributed by atoms with Crippen LogP contribution in [0.4, 0.5) is 0 Å². The number of hydrogen-bond donors (Lipinski definition) is 1. The molecule has 1 aliphatic rings. The number of pyridine rings is 1. The molecule has 0 unspecified atom stereocenters. The van der Waals surface area contributed by atoms with Gasteiger partial charge in [0.25, 0.3) is 5.91 Å². The number of carbonyl (C=O) groups excluding carboxylic acids is 1. The zero-order valence-electron chi connectivity index (χ0n) is 19.2. The van der Waals surface area contributed by atoms with Gasteiger partial charge in [-0.2, -0.15) is 0 Å². The minimum atomic E-state index is -0.00365. The summed E-state index contributed by atoms with van der Waals surface area (Å²) in [5, 5.41) is 0.978. The van der Waals surface area contributed by atoms with E-state index in [1.165, 1.54) is 0 Å². The first-order valence-electron chi connectivity index (χ1n) is 11.6. The quantitative estimate of drug-likeness (QED) is 0.421. The van der Waals surface area contributed by atoms with Crippen LogP contribution in [0.2, 0.25) is 0 Å². The first-order valence-corrected chi connectivity index (χ1v) is 11.6. The highest BCUT2D eigenvalue weighted by Crippen LogP contribution is 2.31. The molecule has 0 bridgehead atoms. The Hall–Kier alpha value is -4.13. The van der Waals surface area contributed by atoms with E-state index in [9.17, 15) is 4.79 Å². The fourth-order valence-corrected chi connectivity index (χ4v) is 4.81. The minimum absolute atomic E-state index is 0.00365. The summed E-state index contributed by atoms with van der Waals surface area (Å²) in [4.78, 5) is 27.8. The summed E-state index contributed by atoms with van der Waals surface area (Å²) in [5.74, 6) is 1.72. The number of aromatic nitrogens is 4. The zero-order chi connectivity index (χ0) is 23.2. The predicted molar refractivity (Wildman–Crippen MR) is 132 cm³/mol. The van der Waals surface area contributed by atoms with Gasteiger partial charge in [0.15, 0.2) is 0 Å². The van der Waals surface area contributed by atoms with Gasteiger partial charge in [-0.1, -0.05) is 12.1 Å². The van der Waals surface area contributed by atoms with Crippen LogP contribution in [0.3, 0.4) is 0 Å². The van der Waals surface area contributed by atoms with Crippen molar-refractivity contribution in [1.82, 2.24) is 24.4 Å². The third-order valence-electron chi connectivity index (χ3n) is 6.45. The lowest BCUT2D eigenvalue weighted by molar-refractivity contribution is 0.0723. The Balaban J connectivity index is 1.34. The molecule has 0 aliphatic carbocycles. The lowest BCUT2D eigenvalue weighted by Crippen LogP contribution is -2.33. The van der Waals surface area contributed by atoms with Crippen molar-refractivity contribution in [1.29, 1.82) is 0 Å². The Morgan fingerprint density at radius 2 is 1.97 bits per heavy atom. The number of imidazole rings is 1. The van der Waals surface area contributed by atoms with E-state index in [1.54, 1.807) is 6.20 Å². The standard InChI is InChI=1S/C27H25N5O2/c1-3-32-24(15-20-5-4-10-28-26(20)32)27(33)31-11-12-34-25-9-7-18(13-21(25)16-31)19-6-8-22-23(14-19)30-17(2)29-22/h4-10,13-15H,3,11-12,16H2,1-2H3,(H,29,30). The maximum Gasteiger partial charge on any atom is 0.270 e. The second-order valence-electron chi connectivity index (χ2n) is 8.64. The highest BCUT2D eigenvalue weighted by molar-refractivity contribution is 5.98. The number of nitrogens with zero attached hydrogens (tertiary/aromatic N) is 4. The van der Waals surface area contributed by atoms with Gasteiger partial charge in [0.1, 0.15) is 29.5 Å². The molecule has 0 fully saturated rings. The first-order chi connectivity index (χ1) is 16.6. The van der Waals surface area contributed by atoms with Crippen molar-refractivity contribution in [3.63, 3.8) is 0 Å². The SMILES string of the molecule is CCn1c(C(=O)N2CCOc3ccc(-c4ccc5nc(C)[nH]c5c4)cc3C2)cc2cccnc21. The number of amides is 1. The van der Waals surface area contributed by atoms with Crippen LogP contribution in [0.15, 0.2) is 60.8 Å². The van der Waals surface area contributed by atoms with E-state index in [4.69, 9.17) is 4.74 Å². The summed E-state index contributed by atoms with van der Waals surface area (Å²) in [6.07, 6.45) is 1.77. The monoisotopic (exact) mass is 451 g/mol. The molecule has 3 aromatic heterocycles. The van der Waals surface area contributed by atoms with Crippen molar-refractivity contribution in [2.45, 2.75) is 26.9 Å². The Kier molecular flexibility index (Phi) is 4.83. The largest absolute Gasteiger partial charge is 0.491 e. The second-order valence-corrected chi connectivity index (χ2v) is 8.64. The molecular formula is C27H25N5O2. The van der Waals surface area contributed by atoms with Gasteiger partial charge in [-0.05, 0) is 67.4 Å². The normalized spacial score (nSPS) is 13.6. The number of carbonyl (C=O) groups is 1. The van der Waals surface area contributed by atoms with Crippen molar-refractivity contribution in [3.8, 4) is 16.9 Å². The highest BCUT2D eigenvalue weighted by Gasteiger charge is 2.25. The number of aromatic amines is 1. The molecule has 0 atom stereocenters. The van der Waals surface area contributed by atoms with E-state index in [0.29, 0.717) is 31.9 Å². The molecule has 170 valence electrons. The van der Waals surface area contributed by atoms with Crippen molar-refractivity contribution in [3.05, 3.63) is 77.9 Å². The summed E-state index contributed by atoms with van der Waals surface area (Å²) in [5.41, 5.74) is 6.65. The Bertz CT molecular complexity index is 1550. The van der Waals surface area contributed by atoms with E-state index in [2.05, 4.69) is 39.2 Å². The minimum Gasteiger partial charge on any atom is -0.491 e. The molecule has 2 aromatic carbocycles. The van der Waals surface area contributed by atoms with Crippen LogP contribution in [-0.4, -0.2) is 43.5 Å². The van der Waals surface area contributed by atoms with E-state index < -0.39 is 0 Å². The van der Waals surface area contributed by atoms with Crippen LogP contribution >= 0.6 is 0 Å². The second kappa shape index (κ2) is 8.02. The molecule has 7 heteroatoms. The Labute approximate surface area is 197 Å². The summed E-state index contributed by atoms with van der Waals surface area (Å²) >= 11 is 0. The maximum atomic E-state index is 13.6. The average molecular weight is 452 g/mol. The molecule has 5 aromatic rings. The fourth-order valence-electron chi connectivity index (χ4n) is 4.81. The first kappa shape index (κ1) is 20.5. The number of rotatable bonds is 3. The van der Waals surface area contributed by atoms with Crippen LogP contribution in [0.5, 0.6) is 5.75 Å². The van der Waals surface area contributed by atoms with Crippen molar-refractivity contribution < 1.29 is 9.53 Å². The van der Waals surface area contributed by atoms with Crippen LogP contribution < -0.4 is 4.74 Å². The Morgan fingerprint density at radius 3 is 2.85 bits per heavy atom.